The molecule has 0 atom stereocenters. The number of hydrogen-bond acceptors (Lipinski definition) is 7. The van der Waals surface area contributed by atoms with E-state index in [1.807, 2.05) is 25.1 Å². The largest absolute Gasteiger partial charge is 0.490 e. The van der Waals surface area contributed by atoms with E-state index in [9.17, 15) is 18.5 Å². The second-order valence-corrected chi connectivity index (χ2v) is 9.71. The maximum absolute atomic E-state index is 12.8. The van der Waals surface area contributed by atoms with Gasteiger partial charge in [-0.2, -0.15) is 4.31 Å². The number of sulfonamides is 1. The van der Waals surface area contributed by atoms with Crippen molar-refractivity contribution in [2.75, 3.05) is 39.5 Å². The fourth-order valence-electron chi connectivity index (χ4n) is 3.56. The average Bonchev–Trinajstić information content (AvgIpc) is 2.77. The molecule has 1 saturated heterocycles. The highest BCUT2D eigenvalue weighted by Crippen LogP contribution is 2.31. The Morgan fingerprint density at radius 2 is 1.78 bits per heavy atom. The first-order valence-electron chi connectivity index (χ1n) is 10.4. The minimum atomic E-state index is -3.84. The summed E-state index contributed by atoms with van der Waals surface area (Å²) in [5.41, 5.74) is 1.97. The third-order valence-electron chi connectivity index (χ3n) is 5.21. The summed E-state index contributed by atoms with van der Waals surface area (Å²) in [5.74, 6) is 1.10. The topological polar surface area (TPSA) is 108 Å². The third-order valence-corrected chi connectivity index (χ3v) is 7.10. The monoisotopic (exact) mass is 464 g/mol. The first kappa shape index (κ1) is 24.0. The van der Waals surface area contributed by atoms with Crippen molar-refractivity contribution in [2.24, 2.45) is 0 Å². The van der Waals surface area contributed by atoms with Crippen molar-refractivity contribution in [1.29, 1.82) is 0 Å². The molecule has 10 heteroatoms. The molecule has 0 spiro atoms. The van der Waals surface area contributed by atoms with E-state index in [4.69, 9.17) is 14.2 Å². The fraction of sp³-hybridized carbons (Fsp3) is 0.455. The maximum atomic E-state index is 12.8. The first-order chi connectivity index (χ1) is 15.2. The van der Waals surface area contributed by atoms with Crippen molar-refractivity contribution in [3.05, 3.63) is 57.6 Å². The van der Waals surface area contributed by atoms with Crippen LogP contribution in [0.15, 0.2) is 41.3 Å². The fourth-order valence-corrected chi connectivity index (χ4v) is 4.98. The molecule has 1 heterocycles. The standard InChI is InChI=1S/C22H28N2O7S/c1-16(2)20-6-4-18(14-17(20)3)30-12-13-31-22-7-5-19(15-21(22)24(25)26)32(27,28)23-8-10-29-11-9-23/h4-7,14-16H,8-13H2,1-3H3. The second kappa shape index (κ2) is 10.3. The molecule has 3 rings (SSSR count). The molecule has 0 amide bonds. The van der Waals surface area contributed by atoms with Crippen LogP contribution in [0.25, 0.3) is 0 Å². The van der Waals surface area contributed by atoms with Gasteiger partial charge in [-0.1, -0.05) is 19.9 Å². The van der Waals surface area contributed by atoms with Gasteiger partial charge in [0.25, 0.3) is 0 Å². The molecule has 0 N–H and O–H groups in total. The number of ether oxygens (including phenoxy) is 3. The van der Waals surface area contributed by atoms with Crippen molar-refractivity contribution < 1.29 is 27.6 Å². The zero-order valence-electron chi connectivity index (χ0n) is 18.4. The van der Waals surface area contributed by atoms with E-state index in [2.05, 4.69) is 13.8 Å². The van der Waals surface area contributed by atoms with E-state index in [0.717, 1.165) is 11.6 Å². The van der Waals surface area contributed by atoms with E-state index in [-0.39, 0.29) is 36.9 Å². The maximum Gasteiger partial charge on any atom is 0.312 e. The molecule has 174 valence electrons. The number of nitro benzene ring substituents is 1. The highest BCUT2D eigenvalue weighted by Gasteiger charge is 2.29. The van der Waals surface area contributed by atoms with E-state index >= 15 is 0 Å². The molecule has 0 saturated carbocycles. The molecule has 1 aliphatic heterocycles. The highest BCUT2D eigenvalue weighted by atomic mass is 32.2. The summed E-state index contributed by atoms with van der Waals surface area (Å²) >= 11 is 0. The van der Waals surface area contributed by atoms with Crippen LogP contribution in [0.2, 0.25) is 0 Å². The summed E-state index contributed by atoms with van der Waals surface area (Å²) in [6, 6.07) is 9.53. The van der Waals surface area contributed by atoms with Crippen LogP contribution < -0.4 is 9.47 Å². The van der Waals surface area contributed by atoms with Crippen LogP contribution in [0.4, 0.5) is 5.69 Å². The van der Waals surface area contributed by atoms with Crippen molar-refractivity contribution in [3.63, 3.8) is 0 Å². The lowest BCUT2D eigenvalue weighted by Gasteiger charge is -2.26. The molecule has 0 radical (unpaired) electrons. The van der Waals surface area contributed by atoms with E-state index < -0.39 is 20.6 Å². The Morgan fingerprint density at radius 3 is 2.41 bits per heavy atom. The molecule has 32 heavy (non-hydrogen) atoms. The SMILES string of the molecule is Cc1cc(OCCOc2ccc(S(=O)(=O)N3CCOCC3)cc2[N+](=O)[O-])ccc1C(C)C. The van der Waals surface area contributed by atoms with Gasteiger partial charge in [0.1, 0.15) is 19.0 Å². The number of morpholine rings is 1. The van der Waals surface area contributed by atoms with Crippen LogP contribution in [0.3, 0.4) is 0 Å². The zero-order valence-corrected chi connectivity index (χ0v) is 19.3. The van der Waals surface area contributed by atoms with Crippen LogP contribution in [0, 0.1) is 17.0 Å². The lowest BCUT2D eigenvalue weighted by atomic mass is 9.98. The Morgan fingerprint density at radius 1 is 1.09 bits per heavy atom. The predicted molar refractivity (Wildman–Crippen MR) is 119 cm³/mol. The van der Waals surface area contributed by atoms with Gasteiger partial charge in [-0.15, -0.1) is 0 Å². The smallest absolute Gasteiger partial charge is 0.312 e. The van der Waals surface area contributed by atoms with Crippen LogP contribution in [0.5, 0.6) is 11.5 Å². The Bertz CT molecular complexity index is 1060. The number of hydrogen-bond donors (Lipinski definition) is 0. The van der Waals surface area contributed by atoms with E-state index in [1.165, 1.54) is 22.0 Å². The van der Waals surface area contributed by atoms with Crippen LogP contribution in [0.1, 0.15) is 30.9 Å². The molecule has 0 unspecified atom stereocenters. The Labute approximate surface area is 188 Å². The van der Waals surface area contributed by atoms with E-state index in [1.54, 1.807) is 0 Å². The molecule has 0 aliphatic carbocycles. The van der Waals surface area contributed by atoms with Gasteiger partial charge in [-0.3, -0.25) is 10.1 Å². The van der Waals surface area contributed by atoms with Gasteiger partial charge in [0, 0.05) is 19.2 Å². The van der Waals surface area contributed by atoms with Crippen molar-refractivity contribution in [1.82, 2.24) is 4.31 Å². The summed E-state index contributed by atoms with van der Waals surface area (Å²) in [4.78, 5) is 10.7. The molecule has 1 aliphatic rings. The highest BCUT2D eigenvalue weighted by molar-refractivity contribution is 7.89. The average molecular weight is 465 g/mol. The van der Waals surface area contributed by atoms with Crippen LogP contribution in [-0.2, 0) is 14.8 Å². The van der Waals surface area contributed by atoms with Gasteiger partial charge in [-0.25, -0.2) is 8.42 Å². The summed E-state index contributed by atoms with van der Waals surface area (Å²) < 4.78 is 43.2. The number of aryl methyl sites for hydroxylation is 1. The Kier molecular flexibility index (Phi) is 7.70. The van der Waals surface area contributed by atoms with Crippen molar-refractivity contribution >= 4 is 15.7 Å². The van der Waals surface area contributed by atoms with Gasteiger partial charge in [0.15, 0.2) is 5.75 Å². The van der Waals surface area contributed by atoms with Gasteiger partial charge < -0.3 is 14.2 Å². The number of nitrogens with zero attached hydrogens (tertiary/aromatic N) is 2. The second-order valence-electron chi connectivity index (χ2n) is 7.77. The van der Waals surface area contributed by atoms with Crippen LogP contribution >= 0.6 is 0 Å². The molecular formula is C22H28N2O7S. The third kappa shape index (κ3) is 5.56. The van der Waals surface area contributed by atoms with Gasteiger partial charge in [0.2, 0.25) is 10.0 Å². The molecule has 2 aromatic rings. The molecular weight excluding hydrogens is 436 g/mol. The Hall–Kier alpha value is -2.69. The summed E-state index contributed by atoms with van der Waals surface area (Å²) in [6.45, 7) is 7.54. The van der Waals surface area contributed by atoms with Crippen molar-refractivity contribution in [2.45, 2.75) is 31.6 Å². The molecule has 1 fully saturated rings. The molecule has 2 aromatic carbocycles. The van der Waals surface area contributed by atoms with Crippen molar-refractivity contribution in [3.8, 4) is 11.5 Å². The number of nitro groups is 1. The Balaban J connectivity index is 1.65. The minimum Gasteiger partial charge on any atom is -0.490 e. The van der Waals surface area contributed by atoms with Gasteiger partial charge >= 0.3 is 5.69 Å². The lowest BCUT2D eigenvalue weighted by molar-refractivity contribution is -0.386. The molecule has 9 nitrogen and oxygen atoms in total. The summed E-state index contributed by atoms with van der Waals surface area (Å²) in [5, 5.41) is 11.5. The summed E-state index contributed by atoms with van der Waals surface area (Å²) in [7, 11) is -3.84. The van der Waals surface area contributed by atoms with Crippen LogP contribution in [-0.4, -0.2) is 57.2 Å². The quantitative estimate of drug-likeness (QED) is 0.317. The lowest BCUT2D eigenvalue weighted by Crippen LogP contribution is -2.40. The molecule has 0 bridgehead atoms. The normalized spacial score (nSPS) is 15.0. The minimum absolute atomic E-state index is 0.00846. The zero-order chi connectivity index (χ0) is 23.3. The first-order valence-corrected chi connectivity index (χ1v) is 11.9. The predicted octanol–water partition coefficient (Wildman–Crippen LogP) is 3.51. The van der Waals surface area contributed by atoms with Gasteiger partial charge in [-0.05, 0) is 48.2 Å². The van der Waals surface area contributed by atoms with E-state index in [0.29, 0.717) is 24.9 Å². The van der Waals surface area contributed by atoms with Gasteiger partial charge in [0.05, 0.1) is 23.0 Å². The number of benzene rings is 2. The molecule has 0 aromatic heterocycles. The number of rotatable bonds is 9. The summed E-state index contributed by atoms with van der Waals surface area (Å²) in [6.07, 6.45) is 0.